The van der Waals surface area contributed by atoms with Crippen LogP contribution in [-0.4, -0.2) is 18.5 Å². The molecule has 3 N–H and O–H groups in total. The van der Waals surface area contributed by atoms with Crippen LogP contribution < -0.4 is 11.1 Å². The summed E-state index contributed by atoms with van der Waals surface area (Å²) < 4.78 is 0. The first-order valence-electron chi connectivity index (χ1n) is 6.73. The Hall–Kier alpha value is -1.35. The van der Waals surface area contributed by atoms with E-state index in [1.807, 2.05) is 30.3 Å². The first-order chi connectivity index (χ1) is 8.69. The van der Waals surface area contributed by atoms with Gasteiger partial charge in [-0.15, -0.1) is 0 Å². The summed E-state index contributed by atoms with van der Waals surface area (Å²) in [4.78, 5) is 12.1. The molecule has 1 fully saturated rings. The first kappa shape index (κ1) is 13.1. The summed E-state index contributed by atoms with van der Waals surface area (Å²) in [6.45, 7) is 2.62. The van der Waals surface area contributed by atoms with Gasteiger partial charge in [0.15, 0.2) is 0 Å². The van der Waals surface area contributed by atoms with Gasteiger partial charge in [0.1, 0.15) is 0 Å². The standard InChI is InChI=1S/C15H22N2O/c1-11-7-14(8-11)17-15(18)13(10-16)9-12-5-3-2-4-6-12/h2-6,11,13-14H,7-10,16H2,1H3,(H,17,18). The Labute approximate surface area is 109 Å². The second kappa shape index (κ2) is 6.01. The van der Waals surface area contributed by atoms with Gasteiger partial charge in [-0.25, -0.2) is 0 Å². The van der Waals surface area contributed by atoms with E-state index in [9.17, 15) is 4.79 Å². The predicted molar refractivity (Wildman–Crippen MR) is 73.0 cm³/mol. The van der Waals surface area contributed by atoms with E-state index >= 15 is 0 Å². The number of nitrogens with one attached hydrogen (secondary N) is 1. The fourth-order valence-corrected chi connectivity index (χ4v) is 2.52. The van der Waals surface area contributed by atoms with Crippen molar-refractivity contribution in [2.75, 3.05) is 6.54 Å². The number of amides is 1. The van der Waals surface area contributed by atoms with Gasteiger partial charge in [-0.3, -0.25) is 4.79 Å². The van der Waals surface area contributed by atoms with E-state index in [0.29, 0.717) is 12.6 Å². The van der Waals surface area contributed by atoms with Gasteiger partial charge in [-0.1, -0.05) is 37.3 Å². The smallest absolute Gasteiger partial charge is 0.224 e. The van der Waals surface area contributed by atoms with E-state index in [-0.39, 0.29) is 11.8 Å². The lowest BCUT2D eigenvalue weighted by molar-refractivity contribution is -0.126. The summed E-state index contributed by atoms with van der Waals surface area (Å²) in [5.41, 5.74) is 6.89. The molecule has 0 aliphatic heterocycles. The van der Waals surface area contributed by atoms with Crippen molar-refractivity contribution in [3.8, 4) is 0 Å². The molecule has 3 heteroatoms. The SMILES string of the molecule is CC1CC(NC(=O)C(CN)Cc2ccccc2)C1. The van der Waals surface area contributed by atoms with Crippen LogP contribution in [0.1, 0.15) is 25.3 Å². The molecule has 1 aromatic carbocycles. The van der Waals surface area contributed by atoms with E-state index < -0.39 is 0 Å². The maximum Gasteiger partial charge on any atom is 0.224 e. The number of carbonyl (C=O) groups excluding carboxylic acids is 1. The minimum atomic E-state index is -0.108. The van der Waals surface area contributed by atoms with Crippen molar-refractivity contribution in [2.45, 2.75) is 32.2 Å². The van der Waals surface area contributed by atoms with Gasteiger partial charge in [0.25, 0.3) is 0 Å². The molecule has 0 radical (unpaired) electrons. The third kappa shape index (κ3) is 3.33. The summed E-state index contributed by atoms with van der Waals surface area (Å²) in [6.07, 6.45) is 2.94. The molecule has 1 aliphatic carbocycles. The molecule has 0 aromatic heterocycles. The minimum absolute atomic E-state index is 0.108. The Kier molecular flexibility index (Phi) is 4.37. The van der Waals surface area contributed by atoms with Gasteiger partial charge in [0.05, 0.1) is 5.92 Å². The van der Waals surface area contributed by atoms with Gasteiger partial charge < -0.3 is 11.1 Å². The van der Waals surface area contributed by atoms with Gasteiger partial charge in [0, 0.05) is 12.6 Å². The van der Waals surface area contributed by atoms with E-state index in [1.165, 1.54) is 5.56 Å². The van der Waals surface area contributed by atoms with Crippen molar-refractivity contribution in [3.63, 3.8) is 0 Å². The zero-order chi connectivity index (χ0) is 13.0. The Morgan fingerprint density at radius 3 is 2.61 bits per heavy atom. The second-order valence-corrected chi connectivity index (χ2v) is 5.40. The molecule has 98 valence electrons. The molecular weight excluding hydrogens is 224 g/mol. The van der Waals surface area contributed by atoms with Crippen LogP contribution in [0.25, 0.3) is 0 Å². The topological polar surface area (TPSA) is 55.1 Å². The van der Waals surface area contributed by atoms with Gasteiger partial charge in [-0.05, 0) is 30.7 Å². The summed E-state index contributed by atoms with van der Waals surface area (Å²) >= 11 is 0. The Bertz CT molecular complexity index is 385. The van der Waals surface area contributed by atoms with Crippen LogP contribution in [0.2, 0.25) is 0 Å². The molecule has 1 aromatic rings. The molecule has 3 nitrogen and oxygen atoms in total. The monoisotopic (exact) mass is 246 g/mol. The lowest BCUT2D eigenvalue weighted by atomic mass is 9.81. The predicted octanol–water partition coefficient (Wildman–Crippen LogP) is 1.72. The van der Waals surface area contributed by atoms with Gasteiger partial charge in [0.2, 0.25) is 5.91 Å². The number of hydrogen-bond acceptors (Lipinski definition) is 2. The summed E-state index contributed by atoms with van der Waals surface area (Å²) in [5, 5.41) is 3.10. The molecule has 1 saturated carbocycles. The molecule has 2 rings (SSSR count). The maximum absolute atomic E-state index is 12.1. The number of nitrogens with two attached hydrogens (primary N) is 1. The van der Waals surface area contributed by atoms with Crippen molar-refractivity contribution < 1.29 is 4.79 Å². The maximum atomic E-state index is 12.1. The summed E-state index contributed by atoms with van der Waals surface area (Å²) in [7, 11) is 0. The highest BCUT2D eigenvalue weighted by Crippen LogP contribution is 2.26. The van der Waals surface area contributed by atoms with Crippen molar-refractivity contribution in [1.29, 1.82) is 0 Å². The molecule has 1 aliphatic rings. The number of rotatable bonds is 5. The quantitative estimate of drug-likeness (QED) is 0.831. The van der Waals surface area contributed by atoms with Crippen molar-refractivity contribution in [3.05, 3.63) is 35.9 Å². The molecule has 1 atom stereocenters. The van der Waals surface area contributed by atoms with Crippen LogP contribution in [0.15, 0.2) is 30.3 Å². The van der Waals surface area contributed by atoms with Crippen LogP contribution in [0.3, 0.4) is 0 Å². The lowest BCUT2D eigenvalue weighted by Crippen LogP contribution is -2.47. The number of benzene rings is 1. The van der Waals surface area contributed by atoms with E-state index in [0.717, 1.165) is 25.2 Å². The largest absolute Gasteiger partial charge is 0.353 e. The lowest BCUT2D eigenvalue weighted by Gasteiger charge is -2.34. The molecule has 0 saturated heterocycles. The molecule has 18 heavy (non-hydrogen) atoms. The van der Waals surface area contributed by atoms with E-state index in [1.54, 1.807) is 0 Å². The molecule has 0 bridgehead atoms. The van der Waals surface area contributed by atoms with E-state index in [4.69, 9.17) is 5.73 Å². The van der Waals surface area contributed by atoms with Gasteiger partial charge in [-0.2, -0.15) is 0 Å². The Morgan fingerprint density at radius 2 is 2.06 bits per heavy atom. The third-order valence-electron chi connectivity index (χ3n) is 3.70. The average molecular weight is 246 g/mol. The normalized spacial score (nSPS) is 24.1. The Morgan fingerprint density at radius 1 is 1.39 bits per heavy atom. The van der Waals surface area contributed by atoms with Crippen molar-refractivity contribution in [1.82, 2.24) is 5.32 Å². The summed E-state index contributed by atoms with van der Waals surface area (Å²) in [5.74, 6) is 0.752. The van der Waals surface area contributed by atoms with Crippen molar-refractivity contribution in [2.24, 2.45) is 17.6 Å². The fraction of sp³-hybridized carbons (Fsp3) is 0.533. The zero-order valence-corrected chi connectivity index (χ0v) is 10.9. The fourth-order valence-electron chi connectivity index (χ4n) is 2.52. The highest BCUT2D eigenvalue weighted by molar-refractivity contribution is 5.79. The van der Waals surface area contributed by atoms with Crippen LogP contribution in [0.5, 0.6) is 0 Å². The molecule has 1 unspecified atom stereocenters. The third-order valence-corrected chi connectivity index (χ3v) is 3.70. The Balaban J connectivity index is 1.86. The van der Waals surface area contributed by atoms with Gasteiger partial charge >= 0.3 is 0 Å². The molecule has 1 amide bonds. The second-order valence-electron chi connectivity index (χ2n) is 5.40. The molecule has 0 heterocycles. The van der Waals surface area contributed by atoms with E-state index in [2.05, 4.69) is 12.2 Å². The first-order valence-corrected chi connectivity index (χ1v) is 6.73. The van der Waals surface area contributed by atoms with Crippen LogP contribution >= 0.6 is 0 Å². The minimum Gasteiger partial charge on any atom is -0.353 e. The van der Waals surface area contributed by atoms with Crippen LogP contribution in [0.4, 0.5) is 0 Å². The highest BCUT2D eigenvalue weighted by atomic mass is 16.2. The van der Waals surface area contributed by atoms with Crippen LogP contribution in [-0.2, 0) is 11.2 Å². The molecule has 0 spiro atoms. The zero-order valence-electron chi connectivity index (χ0n) is 10.9. The number of carbonyl (C=O) groups is 1. The van der Waals surface area contributed by atoms with Crippen LogP contribution in [0, 0.1) is 11.8 Å². The number of hydrogen-bond donors (Lipinski definition) is 2. The average Bonchev–Trinajstić information content (AvgIpc) is 2.35. The van der Waals surface area contributed by atoms with Crippen molar-refractivity contribution >= 4 is 5.91 Å². The summed E-state index contributed by atoms with van der Waals surface area (Å²) in [6, 6.07) is 10.4. The highest BCUT2D eigenvalue weighted by Gasteiger charge is 2.28. The molecular formula is C15H22N2O.